The van der Waals surface area contributed by atoms with E-state index in [1.54, 1.807) is 5.56 Å². The Kier molecular flexibility index (Phi) is 5.54. The molecule has 0 aromatic heterocycles. The smallest absolute Gasteiger partial charge is 0.0104 e. The largest absolute Gasteiger partial charge is 0.330 e. The molecule has 100 valence electrons. The number of hydrogen-bond donors (Lipinski definition) is 2. The van der Waals surface area contributed by atoms with Gasteiger partial charge in [-0.05, 0) is 67.8 Å². The van der Waals surface area contributed by atoms with Crippen LogP contribution in [0, 0.1) is 5.92 Å². The molecule has 0 radical (unpaired) electrons. The number of hydrogen-bond acceptors (Lipinski definition) is 3. The number of nitrogens with two attached hydrogens (primary N) is 1. The third-order valence-corrected chi connectivity index (χ3v) is 4.66. The fourth-order valence-electron chi connectivity index (χ4n) is 2.23. The molecule has 1 unspecified atom stereocenters. The topological polar surface area (TPSA) is 38.0 Å². The Balaban J connectivity index is 1.79. The first-order chi connectivity index (χ1) is 8.79. The first-order valence-electron chi connectivity index (χ1n) is 6.95. The van der Waals surface area contributed by atoms with E-state index in [2.05, 4.69) is 30.4 Å². The molecule has 3 heteroatoms. The van der Waals surface area contributed by atoms with Gasteiger partial charge < -0.3 is 11.1 Å². The summed E-state index contributed by atoms with van der Waals surface area (Å²) in [5.74, 6) is 1.86. The molecule has 0 fully saturated rings. The Hall–Kier alpha value is -0.510. The summed E-state index contributed by atoms with van der Waals surface area (Å²) >= 11 is 2.00. The average molecular weight is 264 g/mol. The molecule has 0 bridgehead atoms. The van der Waals surface area contributed by atoms with E-state index in [0.29, 0.717) is 5.92 Å². The van der Waals surface area contributed by atoms with Crippen LogP contribution in [0.15, 0.2) is 23.1 Å². The summed E-state index contributed by atoms with van der Waals surface area (Å²) in [4.78, 5) is 1.50. The summed E-state index contributed by atoms with van der Waals surface area (Å²) in [7, 11) is 0. The van der Waals surface area contributed by atoms with Crippen molar-refractivity contribution in [3.8, 4) is 0 Å². The predicted molar refractivity (Wildman–Crippen MR) is 80.3 cm³/mol. The van der Waals surface area contributed by atoms with Crippen LogP contribution < -0.4 is 11.1 Å². The summed E-state index contributed by atoms with van der Waals surface area (Å²) < 4.78 is 0. The van der Waals surface area contributed by atoms with Gasteiger partial charge in [-0.2, -0.15) is 0 Å². The minimum Gasteiger partial charge on any atom is -0.330 e. The fraction of sp³-hybridized carbons (Fsp3) is 0.600. The second kappa shape index (κ2) is 7.17. The summed E-state index contributed by atoms with van der Waals surface area (Å²) in [6.45, 7) is 5.03. The number of aryl methyl sites for hydroxylation is 1. The van der Waals surface area contributed by atoms with Crippen molar-refractivity contribution in [3.63, 3.8) is 0 Å². The molecular formula is C15H24N2S. The molecule has 1 aliphatic rings. The monoisotopic (exact) mass is 264 g/mol. The van der Waals surface area contributed by atoms with Crippen molar-refractivity contribution in [2.24, 2.45) is 11.7 Å². The van der Waals surface area contributed by atoms with Crippen LogP contribution in [-0.2, 0) is 12.8 Å². The maximum atomic E-state index is 5.60. The molecule has 3 N–H and O–H groups in total. The van der Waals surface area contributed by atoms with E-state index in [1.807, 2.05) is 11.8 Å². The summed E-state index contributed by atoms with van der Waals surface area (Å²) in [5, 5.41) is 3.48. The Bertz CT molecular complexity index is 379. The summed E-state index contributed by atoms with van der Waals surface area (Å²) in [6, 6.07) is 6.98. The van der Waals surface area contributed by atoms with Crippen LogP contribution in [-0.4, -0.2) is 25.4 Å². The predicted octanol–water partition coefficient (Wildman–Crippen LogP) is 2.45. The Morgan fingerprint density at radius 1 is 1.44 bits per heavy atom. The lowest BCUT2D eigenvalue weighted by atomic mass is 10.0. The maximum absolute atomic E-state index is 5.60. The first-order valence-corrected chi connectivity index (χ1v) is 7.93. The minimum absolute atomic E-state index is 0.574. The Morgan fingerprint density at radius 3 is 3.17 bits per heavy atom. The van der Waals surface area contributed by atoms with Crippen molar-refractivity contribution in [1.82, 2.24) is 5.32 Å². The summed E-state index contributed by atoms with van der Waals surface area (Å²) in [6.07, 6.45) is 3.70. The molecule has 18 heavy (non-hydrogen) atoms. The van der Waals surface area contributed by atoms with E-state index in [1.165, 1.54) is 29.1 Å². The molecule has 2 nitrogen and oxygen atoms in total. The zero-order valence-electron chi connectivity index (χ0n) is 11.2. The van der Waals surface area contributed by atoms with E-state index in [0.717, 1.165) is 26.1 Å². The van der Waals surface area contributed by atoms with Crippen molar-refractivity contribution in [1.29, 1.82) is 0 Å². The zero-order valence-corrected chi connectivity index (χ0v) is 12.1. The van der Waals surface area contributed by atoms with Gasteiger partial charge in [0.05, 0.1) is 0 Å². The highest BCUT2D eigenvalue weighted by Crippen LogP contribution is 2.30. The van der Waals surface area contributed by atoms with Crippen LogP contribution in [0.2, 0.25) is 0 Å². The SMILES string of the molecule is CC(CN)CNCCc1ccc2c(c1)CCCS2. The van der Waals surface area contributed by atoms with Crippen LogP contribution in [0.3, 0.4) is 0 Å². The lowest BCUT2D eigenvalue weighted by molar-refractivity contribution is 0.524. The molecule has 0 aliphatic carbocycles. The van der Waals surface area contributed by atoms with Gasteiger partial charge in [-0.1, -0.05) is 19.1 Å². The average Bonchev–Trinajstić information content (AvgIpc) is 2.43. The third kappa shape index (κ3) is 4.01. The number of nitrogens with one attached hydrogen (secondary N) is 1. The molecule has 1 aliphatic heterocycles. The van der Waals surface area contributed by atoms with Crippen molar-refractivity contribution in [2.75, 3.05) is 25.4 Å². The molecule has 1 aromatic rings. The van der Waals surface area contributed by atoms with Crippen LogP contribution in [0.1, 0.15) is 24.5 Å². The molecule has 2 rings (SSSR count). The fourth-order valence-corrected chi connectivity index (χ4v) is 3.25. The molecule has 1 heterocycles. The Morgan fingerprint density at radius 2 is 2.33 bits per heavy atom. The van der Waals surface area contributed by atoms with Crippen LogP contribution in [0.4, 0.5) is 0 Å². The quantitative estimate of drug-likeness (QED) is 0.775. The van der Waals surface area contributed by atoms with Gasteiger partial charge in [0.2, 0.25) is 0 Å². The summed E-state index contributed by atoms with van der Waals surface area (Å²) in [5.41, 5.74) is 8.62. The molecule has 0 spiro atoms. The van der Waals surface area contributed by atoms with Crippen molar-refractivity contribution < 1.29 is 0 Å². The molecule has 1 aromatic carbocycles. The standard InChI is InChI=1S/C15H24N2S/c1-12(10-16)11-17-7-6-13-4-5-15-14(9-13)3-2-8-18-15/h4-5,9,12,17H,2-3,6-8,10-11,16H2,1H3. The van der Waals surface area contributed by atoms with Crippen LogP contribution in [0.25, 0.3) is 0 Å². The number of rotatable bonds is 6. The lowest BCUT2D eigenvalue weighted by Gasteiger charge is -2.16. The molecule has 1 atom stereocenters. The highest BCUT2D eigenvalue weighted by molar-refractivity contribution is 7.99. The van der Waals surface area contributed by atoms with E-state index in [9.17, 15) is 0 Å². The second-order valence-corrected chi connectivity index (χ2v) is 6.33. The van der Waals surface area contributed by atoms with Crippen LogP contribution >= 0.6 is 11.8 Å². The van der Waals surface area contributed by atoms with Gasteiger partial charge in [0.25, 0.3) is 0 Å². The molecule has 0 saturated heterocycles. The highest BCUT2D eigenvalue weighted by Gasteiger charge is 2.09. The maximum Gasteiger partial charge on any atom is 0.0104 e. The highest BCUT2D eigenvalue weighted by atomic mass is 32.2. The van der Waals surface area contributed by atoms with Crippen molar-refractivity contribution in [2.45, 2.75) is 31.1 Å². The Labute approximate surface area is 115 Å². The van der Waals surface area contributed by atoms with E-state index >= 15 is 0 Å². The molecule has 0 amide bonds. The van der Waals surface area contributed by atoms with Gasteiger partial charge in [-0.15, -0.1) is 11.8 Å². The van der Waals surface area contributed by atoms with Gasteiger partial charge in [0.1, 0.15) is 0 Å². The number of fused-ring (bicyclic) bond motifs is 1. The normalized spacial score (nSPS) is 16.3. The molecular weight excluding hydrogens is 240 g/mol. The molecule has 0 saturated carbocycles. The van der Waals surface area contributed by atoms with Crippen molar-refractivity contribution in [3.05, 3.63) is 29.3 Å². The zero-order chi connectivity index (χ0) is 12.8. The lowest BCUT2D eigenvalue weighted by Crippen LogP contribution is -2.27. The van der Waals surface area contributed by atoms with E-state index < -0.39 is 0 Å². The van der Waals surface area contributed by atoms with Gasteiger partial charge in [0.15, 0.2) is 0 Å². The second-order valence-electron chi connectivity index (χ2n) is 5.19. The van der Waals surface area contributed by atoms with Crippen molar-refractivity contribution >= 4 is 11.8 Å². The third-order valence-electron chi connectivity index (χ3n) is 3.46. The van der Waals surface area contributed by atoms with Gasteiger partial charge in [0, 0.05) is 4.90 Å². The first kappa shape index (κ1) is 13.9. The van der Waals surface area contributed by atoms with Gasteiger partial charge in [-0.3, -0.25) is 0 Å². The number of benzene rings is 1. The van der Waals surface area contributed by atoms with Crippen LogP contribution in [0.5, 0.6) is 0 Å². The van der Waals surface area contributed by atoms with E-state index in [-0.39, 0.29) is 0 Å². The van der Waals surface area contributed by atoms with E-state index in [4.69, 9.17) is 5.73 Å². The van der Waals surface area contributed by atoms with Gasteiger partial charge in [-0.25, -0.2) is 0 Å². The number of thioether (sulfide) groups is 1. The minimum atomic E-state index is 0.574. The van der Waals surface area contributed by atoms with Gasteiger partial charge >= 0.3 is 0 Å².